The molecule has 2 aliphatic heterocycles. The van der Waals surface area contributed by atoms with E-state index >= 15 is 0 Å². The quantitative estimate of drug-likeness (QED) is 0.901. The summed E-state index contributed by atoms with van der Waals surface area (Å²) in [6.07, 6.45) is 6.92. The molecule has 0 radical (unpaired) electrons. The van der Waals surface area contributed by atoms with E-state index in [2.05, 4.69) is 15.2 Å². The van der Waals surface area contributed by atoms with E-state index in [9.17, 15) is 4.79 Å². The molecule has 3 atom stereocenters. The molecule has 4 heterocycles. The first-order valence-electron chi connectivity index (χ1n) is 8.84. The fourth-order valence-electron chi connectivity index (χ4n) is 3.74. The number of fused-ring (bicyclic) bond motifs is 1. The van der Waals surface area contributed by atoms with Gasteiger partial charge in [-0.1, -0.05) is 6.07 Å². The van der Waals surface area contributed by atoms with Gasteiger partial charge in [-0.25, -0.2) is 0 Å². The van der Waals surface area contributed by atoms with Crippen LogP contribution in [-0.4, -0.2) is 41.1 Å². The third-order valence-electron chi connectivity index (χ3n) is 5.08. The molecule has 0 spiro atoms. The molecule has 0 unspecified atom stereocenters. The van der Waals surface area contributed by atoms with Crippen LogP contribution in [0.2, 0.25) is 0 Å². The van der Waals surface area contributed by atoms with Crippen LogP contribution in [0.3, 0.4) is 0 Å². The van der Waals surface area contributed by atoms with Gasteiger partial charge in [-0.3, -0.25) is 14.7 Å². The predicted octanol–water partition coefficient (Wildman–Crippen LogP) is 1.97. The predicted molar refractivity (Wildman–Crippen MR) is 91.5 cm³/mol. The van der Waals surface area contributed by atoms with Crippen molar-refractivity contribution in [2.75, 3.05) is 13.1 Å². The number of amides is 1. The molecule has 1 N–H and O–H groups in total. The van der Waals surface area contributed by atoms with E-state index in [0.717, 1.165) is 38.2 Å². The summed E-state index contributed by atoms with van der Waals surface area (Å²) in [7, 11) is 0. The van der Waals surface area contributed by atoms with Crippen LogP contribution >= 0.6 is 0 Å². The first-order chi connectivity index (χ1) is 12.3. The molecule has 6 nitrogen and oxygen atoms in total. The van der Waals surface area contributed by atoms with Crippen LogP contribution in [0, 0.1) is 5.92 Å². The molecule has 25 heavy (non-hydrogen) atoms. The van der Waals surface area contributed by atoms with E-state index in [1.165, 1.54) is 5.56 Å². The largest absolute Gasteiger partial charge is 0.472 e. The lowest BCUT2D eigenvalue weighted by atomic mass is 9.91. The lowest BCUT2D eigenvalue weighted by molar-refractivity contribution is -0.133. The monoisotopic (exact) mass is 341 g/mol. The van der Waals surface area contributed by atoms with Crippen molar-refractivity contribution < 1.29 is 13.9 Å². The minimum atomic E-state index is -0.340. The number of nitrogens with one attached hydrogen (secondary N) is 1. The number of hydrogen-bond donors (Lipinski definition) is 1. The van der Waals surface area contributed by atoms with Crippen LogP contribution in [0.25, 0.3) is 0 Å². The zero-order valence-electron chi connectivity index (χ0n) is 14.1. The number of likely N-dealkylation sites (tertiary alicyclic amines) is 1. The SMILES string of the molecule is O=C(NCc1ccccn1)[C@@H]1C[C@H]2CCN(Cc3ccoc3)C[C@H]2O1. The fourth-order valence-corrected chi connectivity index (χ4v) is 3.74. The molecular formula is C19H23N3O3. The number of carbonyl (C=O) groups is 1. The highest BCUT2D eigenvalue weighted by molar-refractivity contribution is 5.81. The second kappa shape index (κ2) is 7.37. The third kappa shape index (κ3) is 3.91. The Morgan fingerprint density at radius 1 is 1.36 bits per heavy atom. The van der Waals surface area contributed by atoms with E-state index in [0.29, 0.717) is 12.5 Å². The smallest absolute Gasteiger partial charge is 0.249 e. The number of furan rings is 1. The molecule has 0 saturated carbocycles. The summed E-state index contributed by atoms with van der Waals surface area (Å²) in [5.41, 5.74) is 2.04. The van der Waals surface area contributed by atoms with Crippen molar-refractivity contribution in [2.24, 2.45) is 5.92 Å². The van der Waals surface area contributed by atoms with Crippen molar-refractivity contribution in [3.05, 3.63) is 54.2 Å². The van der Waals surface area contributed by atoms with Gasteiger partial charge >= 0.3 is 0 Å². The molecule has 4 rings (SSSR count). The topological polar surface area (TPSA) is 67.6 Å². The average Bonchev–Trinajstić information content (AvgIpc) is 3.30. The summed E-state index contributed by atoms with van der Waals surface area (Å²) in [6, 6.07) is 7.69. The molecule has 2 aliphatic rings. The molecule has 0 aromatic carbocycles. The number of pyridine rings is 1. The minimum Gasteiger partial charge on any atom is -0.472 e. The van der Waals surface area contributed by atoms with E-state index in [1.807, 2.05) is 24.3 Å². The summed E-state index contributed by atoms with van der Waals surface area (Å²) in [6.45, 7) is 3.24. The van der Waals surface area contributed by atoms with Crippen molar-refractivity contribution >= 4 is 5.91 Å². The molecule has 0 aliphatic carbocycles. The van der Waals surface area contributed by atoms with Crippen molar-refractivity contribution in [3.63, 3.8) is 0 Å². The molecular weight excluding hydrogens is 318 g/mol. The van der Waals surface area contributed by atoms with E-state index < -0.39 is 0 Å². The average molecular weight is 341 g/mol. The molecule has 2 saturated heterocycles. The lowest BCUT2D eigenvalue weighted by Crippen LogP contribution is -2.42. The lowest BCUT2D eigenvalue weighted by Gasteiger charge is -2.33. The molecule has 0 bridgehead atoms. The number of hydrogen-bond acceptors (Lipinski definition) is 5. The Labute approximate surface area is 147 Å². The Hall–Kier alpha value is -2.18. The van der Waals surface area contributed by atoms with Crippen LogP contribution in [0.4, 0.5) is 0 Å². The van der Waals surface area contributed by atoms with Crippen molar-refractivity contribution in [1.82, 2.24) is 15.2 Å². The minimum absolute atomic E-state index is 0.0264. The van der Waals surface area contributed by atoms with Gasteiger partial charge in [-0.2, -0.15) is 0 Å². The van der Waals surface area contributed by atoms with Gasteiger partial charge < -0.3 is 14.5 Å². The number of aromatic nitrogens is 1. The standard InChI is InChI=1S/C19H23N3O3/c23-19(21-10-16-3-1-2-6-20-16)17-9-15-4-7-22(12-18(15)25-17)11-14-5-8-24-13-14/h1-3,5-6,8,13,15,17-18H,4,7,9-12H2,(H,21,23)/t15-,17+,18-/m1/s1. The number of rotatable bonds is 5. The first kappa shape index (κ1) is 16.3. The molecule has 2 aromatic rings. The first-order valence-corrected chi connectivity index (χ1v) is 8.84. The summed E-state index contributed by atoms with van der Waals surface area (Å²) in [5, 5.41) is 2.95. The molecule has 6 heteroatoms. The van der Waals surface area contributed by atoms with Gasteiger partial charge in [0.2, 0.25) is 5.91 Å². The van der Waals surface area contributed by atoms with Gasteiger partial charge in [-0.05, 0) is 43.5 Å². The number of nitrogens with zero attached hydrogens (tertiary/aromatic N) is 2. The van der Waals surface area contributed by atoms with Crippen LogP contribution in [-0.2, 0) is 22.6 Å². The summed E-state index contributed by atoms with van der Waals surface area (Å²) < 4.78 is 11.2. The Balaban J connectivity index is 1.28. The summed E-state index contributed by atoms with van der Waals surface area (Å²) >= 11 is 0. The highest BCUT2D eigenvalue weighted by Crippen LogP contribution is 2.33. The summed E-state index contributed by atoms with van der Waals surface area (Å²) in [5.74, 6) is 0.452. The van der Waals surface area contributed by atoms with E-state index in [4.69, 9.17) is 9.15 Å². The van der Waals surface area contributed by atoms with Gasteiger partial charge in [0, 0.05) is 24.8 Å². The zero-order chi connectivity index (χ0) is 17.1. The van der Waals surface area contributed by atoms with Gasteiger partial charge in [0.1, 0.15) is 6.10 Å². The van der Waals surface area contributed by atoms with Crippen LogP contribution in [0.5, 0.6) is 0 Å². The molecule has 1 amide bonds. The zero-order valence-corrected chi connectivity index (χ0v) is 14.1. The van der Waals surface area contributed by atoms with Crippen LogP contribution < -0.4 is 5.32 Å². The maximum absolute atomic E-state index is 12.4. The van der Waals surface area contributed by atoms with Gasteiger partial charge in [-0.15, -0.1) is 0 Å². The van der Waals surface area contributed by atoms with E-state index in [-0.39, 0.29) is 18.1 Å². The van der Waals surface area contributed by atoms with E-state index in [1.54, 1.807) is 18.7 Å². The second-order valence-electron chi connectivity index (χ2n) is 6.85. The Bertz CT molecular complexity index is 689. The highest BCUT2D eigenvalue weighted by atomic mass is 16.5. The Morgan fingerprint density at radius 3 is 3.12 bits per heavy atom. The number of ether oxygens (including phenoxy) is 1. The highest BCUT2D eigenvalue weighted by Gasteiger charge is 2.41. The van der Waals surface area contributed by atoms with Crippen LogP contribution in [0.1, 0.15) is 24.1 Å². The van der Waals surface area contributed by atoms with Crippen molar-refractivity contribution in [3.8, 4) is 0 Å². The molecule has 2 aromatic heterocycles. The second-order valence-corrected chi connectivity index (χ2v) is 6.85. The van der Waals surface area contributed by atoms with Gasteiger partial charge in [0.25, 0.3) is 0 Å². The Morgan fingerprint density at radius 2 is 2.32 bits per heavy atom. The van der Waals surface area contributed by atoms with Gasteiger partial charge in [0.05, 0.1) is 30.9 Å². The van der Waals surface area contributed by atoms with Crippen molar-refractivity contribution in [2.45, 2.75) is 38.1 Å². The maximum Gasteiger partial charge on any atom is 0.249 e. The maximum atomic E-state index is 12.4. The normalized spacial score (nSPS) is 26.3. The molecule has 2 fully saturated rings. The van der Waals surface area contributed by atoms with Gasteiger partial charge in [0.15, 0.2) is 0 Å². The third-order valence-corrected chi connectivity index (χ3v) is 5.08. The van der Waals surface area contributed by atoms with Crippen LogP contribution in [0.15, 0.2) is 47.4 Å². The number of carbonyl (C=O) groups excluding carboxylic acids is 1. The Kier molecular flexibility index (Phi) is 4.81. The molecule has 132 valence electrons. The fraction of sp³-hybridized carbons (Fsp3) is 0.474. The summed E-state index contributed by atoms with van der Waals surface area (Å²) in [4.78, 5) is 19.0. The number of piperidine rings is 1. The van der Waals surface area contributed by atoms with Crippen molar-refractivity contribution in [1.29, 1.82) is 0 Å².